The van der Waals surface area contributed by atoms with Gasteiger partial charge in [0, 0.05) is 25.1 Å². The van der Waals surface area contributed by atoms with Crippen LogP contribution in [0.4, 0.5) is 0 Å². The van der Waals surface area contributed by atoms with E-state index in [-0.39, 0.29) is 17.7 Å². The quantitative estimate of drug-likeness (QED) is 0.824. The lowest BCUT2D eigenvalue weighted by Gasteiger charge is -2.17. The third kappa shape index (κ3) is 3.70. The summed E-state index contributed by atoms with van der Waals surface area (Å²) in [5, 5.41) is 5.54. The molecule has 0 aromatic heterocycles. The van der Waals surface area contributed by atoms with Crippen LogP contribution in [-0.4, -0.2) is 18.9 Å². The third-order valence-electron chi connectivity index (χ3n) is 3.55. The van der Waals surface area contributed by atoms with Crippen molar-refractivity contribution in [1.82, 2.24) is 10.6 Å². The van der Waals surface area contributed by atoms with Gasteiger partial charge in [-0.2, -0.15) is 0 Å². The largest absolute Gasteiger partial charge is 0.355 e. The van der Waals surface area contributed by atoms with Crippen molar-refractivity contribution in [2.75, 3.05) is 7.05 Å². The van der Waals surface area contributed by atoms with E-state index < -0.39 is 0 Å². The summed E-state index contributed by atoms with van der Waals surface area (Å²) in [6.45, 7) is 0.507. The Balaban J connectivity index is 1.86. The summed E-state index contributed by atoms with van der Waals surface area (Å²) in [5.74, 6) is 0.115. The van der Waals surface area contributed by atoms with Gasteiger partial charge in [0.05, 0.1) is 0 Å². The van der Waals surface area contributed by atoms with E-state index in [9.17, 15) is 9.59 Å². The maximum atomic E-state index is 12.0. The van der Waals surface area contributed by atoms with Crippen molar-refractivity contribution in [3.8, 4) is 0 Å². The number of benzene rings is 1. The van der Waals surface area contributed by atoms with E-state index in [1.807, 2.05) is 12.1 Å². The average Bonchev–Trinajstić information content (AvgIpc) is 2.53. The third-order valence-corrected chi connectivity index (χ3v) is 3.55. The van der Waals surface area contributed by atoms with Gasteiger partial charge in [-0.1, -0.05) is 24.3 Å². The predicted molar refractivity (Wildman–Crippen MR) is 78.2 cm³/mol. The van der Waals surface area contributed by atoms with Crippen LogP contribution in [0.15, 0.2) is 36.4 Å². The van der Waals surface area contributed by atoms with Gasteiger partial charge in [-0.25, -0.2) is 0 Å². The highest BCUT2D eigenvalue weighted by Crippen LogP contribution is 2.18. The van der Waals surface area contributed by atoms with Crippen molar-refractivity contribution in [2.45, 2.75) is 25.8 Å². The Morgan fingerprint density at radius 3 is 2.55 bits per heavy atom. The fourth-order valence-corrected chi connectivity index (χ4v) is 2.28. The minimum Gasteiger partial charge on any atom is -0.355 e. The molecule has 2 amide bonds. The minimum absolute atomic E-state index is 0.102. The van der Waals surface area contributed by atoms with Gasteiger partial charge in [0.1, 0.15) is 0 Å². The molecule has 0 saturated heterocycles. The van der Waals surface area contributed by atoms with Gasteiger partial charge in [0.25, 0.3) is 5.91 Å². The second-order valence-electron chi connectivity index (χ2n) is 4.98. The van der Waals surface area contributed by atoms with E-state index in [4.69, 9.17) is 0 Å². The Morgan fingerprint density at radius 2 is 1.95 bits per heavy atom. The molecule has 20 heavy (non-hydrogen) atoms. The molecule has 0 fully saturated rings. The van der Waals surface area contributed by atoms with Crippen molar-refractivity contribution in [3.63, 3.8) is 0 Å². The molecule has 1 aromatic rings. The Morgan fingerprint density at radius 1 is 1.20 bits per heavy atom. The SMILES string of the molecule is CNC(=O)c1ccc(CNC(=O)C2CC=CCC2)cc1. The van der Waals surface area contributed by atoms with Gasteiger partial charge >= 0.3 is 0 Å². The van der Waals surface area contributed by atoms with E-state index in [0.29, 0.717) is 12.1 Å². The predicted octanol–water partition coefficient (Wildman–Crippen LogP) is 2.02. The summed E-state index contributed by atoms with van der Waals surface area (Å²) in [5.41, 5.74) is 1.62. The van der Waals surface area contributed by atoms with Crippen LogP contribution in [0.25, 0.3) is 0 Å². The lowest BCUT2D eigenvalue weighted by Crippen LogP contribution is -2.30. The zero-order valence-electron chi connectivity index (χ0n) is 11.7. The molecule has 1 aliphatic rings. The van der Waals surface area contributed by atoms with Crippen molar-refractivity contribution in [1.29, 1.82) is 0 Å². The van der Waals surface area contributed by atoms with Crippen LogP contribution in [0, 0.1) is 5.92 Å². The van der Waals surface area contributed by atoms with Gasteiger partial charge in [0.2, 0.25) is 5.91 Å². The Kier molecular flexibility index (Phi) is 4.93. The molecule has 0 bridgehead atoms. The minimum atomic E-state index is -0.102. The van der Waals surface area contributed by atoms with Crippen LogP contribution in [0.2, 0.25) is 0 Å². The molecule has 106 valence electrons. The van der Waals surface area contributed by atoms with Crippen molar-refractivity contribution in [2.24, 2.45) is 5.92 Å². The maximum absolute atomic E-state index is 12.0. The first-order chi connectivity index (χ1) is 9.70. The molecule has 1 unspecified atom stereocenters. The van der Waals surface area contributed by atoms with E-state index in [0.717, 1.165) is 24.8 Å². The molecule has 2 rings (SSSR count). The summed E-state index contributed by atoms with van der Waals surface area (Å²) < 4.78 is 0. The monoisotopic (exact) mass is 272 g/mol. The fraction of sp³-hybridized carbons (Fsp3) is 0.375. The smallest absolute Gasteiger partial charge is 0.251 e. The van der Waals surface area contributed by atoms with Crippen molar-refractivity contribution < 1.29 is 9.59 Å². The zero-order valence-corrected chi connectivity index (χ0v) is 11.7. The number of carbonyl (C=O) groups is 2. The zero-order chi connectivity index (χ0) is 14.4. The number of allylic oxidation sites excluding steroid dienone is 2. The highest BCUT2D eigenvalue weighted by Gasteiger charge is 2.17. The topological polar surface area (TPSA) is 58.2 Å². The van der Waals surface area contributed by atoms with E-state index in [2.05, 4.69) is 22.8 Å². The van der Waals surface area contributed by atoms with Crippen LogP contribution >= 0.6 is 0 Å². The summed E-state index contributed by atoms with van der Waals surface area (Å²) in [7, 11) is 1.61. The molecule has 0 radical (unpaired) electrons. The maximum Gasteiger partial charge on any atom is 0.251 e. The molecular formula is C16H20N2O2. The second kappa shape index (κ2) is 6.89. The normalized spacial score (nSPS) is 17.6. The van der Waals surface area contributed by atoms with Gasteiger partial charge < -0.3 is 10.6 Å². The van der Waals surface area contributed by atoms with Gasteiger partial charge in [-0.15, -0.1) is 0 Å². The highest BCUT2D eigenvalue weighted by atomic mass is 16.2. The van der Waals surface area contributed by atoms with E-state index in [1.165, 1.54) is 0 Å². The van der Waals surface area contributed by atoms with Gasteiger partial charge in [-0.3, -0.25) is 9.59 Å². The first-order valence-electron chi connectivity index (χ1n) is 6.94. The molecule has 1 aromatic carbocycles. The molecule has 1 aliphatic carbocycles. The molecule has 1 atom stereocenters. The fourth-order valence-electron chi connectivity index (χ4n) is 2.28. The molecule has 4 heteroatoms. The summed E-state index contributed by atoms with van der Waals surface area (Å²) in [6, 6.07) is 7.27. The first kappa shape index (κ1) is 14.3. The number of rotatable bonds is 4. The van der Waals surface area contributed by atoms with Crippen molar-refractivity contribution >= 4 is 11.8 Å². The summed E-state index contributed by atoms with van der Waals surface area (Å²) >= 11 is 0. The van der Waals surface area contributed by atoms with Crippen LogP contribution in [-0.2, 0) is 11.3 Å². The molecule has 2 N–H and O–H groups in total. The number of hydrogen-bond donors (Lipinski definition) is 2. The van der Waals surface area contributed by atoms with E-state index in [1.54, 1.807) is 19.2 Å². The Hall–Kier alpha value is -2.10. The van der Waals surface area contributed by atoms with Crippen LogP contribution in [0.3, 0.4) is 0 Å². The van der Waals surface area contributed by atoms with Gasteiger partial charge in [-0.05, 0) is 37.0 Å². The lowest BCUT2D eigenvalue weighted by atomic mass is 9.93. The Bertz CT molecular complexity index is 506. The van der Waals surface area contributed by atoms with Crippen LogP contribution in [0.1, 0.15) is 35.2 Å². The van der Waals surface area contributed by atoms with Crippen LogP contribution < -0.4 is 10.6 Å². The van der Waals surface area contributed by atoms with E-state index >= 15 is 0 Å². The van der Waals surface area contributed by atoms with Gasteiger partial charge in [0.15, 0.2) is 0 Å². The molecule has 0 saturated carbocycles. The molecule has 0 spiro atoms. The van der Waals surface area contributed by atoms with Crippen LogP contribution in [0.5, 0.6) is 0 Å². The number of amides is 2. The Labute approximate surface area is 119 Å². The standard InChI is InChI=1S/C16H20N2O2/c1-17-15(19)14-9-7-12(8-10-14)11-18-16(20)13-5-3-2-4-6-13/h2-3,7-10,13H,4-6,11H2,1H3,(H,17,19)(H,18,20). The lowest BCUT2D eigenvalue weighted by molar-refractivity contribution is -0.125. The average molecular weight is 272 g/mol. The molecule has 4 nitrogen and oxygen atoms in total. The molecular weight excluding hydrogens is 252 g/mol. The number of hydrogen-bond acceptors (Lipinski definition) is 2. The summed E-state index contributed by atoms with van der Waals surface area (Å²) in [6.07, 6.45) is 6.95. The number of nitrogens with one attached hydrogen (secondary N) is 2. The number of carbonyl (C=O) groups excluding carboxylic acids is 2. The summed E-state index contributed by atoms with van der Waals surface area (Å²) in [4.78, 5) is 23.4. The molecule has 0 aliphatic heterocycles. The molecule has 0 heterocycles. The second-order valence-corrected chi connectivity index (χ2v) is 4.98. The highest BCUT2D eigenvalue weighted by molar-refractivity contribution is 5.93. The van der Waals surface area contributed by atoms with Crippen molar-refractivity contribution in [3.05, 3.63) is 47.5 Å². The first-order valence-corrected chi connectivity index (χ1v) is 6.94.